The van der Waals surface area contributed by atoms with Gasteiger partial charge < -0.3 is 26.4 Å². The number of carbonyl (C=O) groups excluding carboxylic acids is 4. The molecule has 0 bridgehead atoms. The monoisotopic (exact) mass is 572 g/mol. The summed E-state index contributed by atoms with van der Waals surface area (Å²) in [6.07, 6.45) is 0.415. The molecule has 0 spiro atoms. The molecule has 0 radical (unpaired) electrons. The van der Waals surface area contributed by atoms with Gasteiger partial charge in [0.2, 0.25) is 11.8 Å². The predicted octanol–water partition coefficient (Wildman–Crippen LogP) is 2.99. The van der Waals surface area contributed by atoms with Crippen LogP contribution >= 0.6 is 11.6 Å². The lowest BCUT2D eigenvalue weighted by atomic mass is 9.84. The quantitative estimate of drug-likeness (QED) is 0.357. The second kappa shape index (κ2) is 11.1. The number of fused-ring (bicyclic) bond motifs is 1. The molecule has 4 amide bonds. The van der Waals surface area contributed by atoms with Gasteiger partial charge in [-0.3, -0.25) is 19.1 Å². The lowest BCUT2D eigenvalue weighted by Crippen LogP contribution is -2.43. The van der Waals surface area contributed by atoms with Crippen LogP contribution in [0.5, 0.6) is 5.75 Å². The zero-order chi connectivity index (χ0) is 29.4. The molecule has 0 aliphatic heterocycles. The van der Waals surface area contributed by atoms with Crippen molar-refractivity contribution >= 4 is 46.3 Å². The molecular weight excluding hydrogens is 543 g/mol. The van der Waals surface area contributed by atoms with Crippen molar-refractivity contribution in [1.29, 1.82) is 0 Å². The normalized spacial score (nSPS) is 13.2. The van der Waals surface area contributed by atoms with Gasteiger partial charge in [0.15, 0.2) is 5.69 Å². The SMILES string of the molecule is CC(C)(C)c1cc(OC(N)=O)cc2c1c(C(N)=O)nn2CC(=O)N(CC(=O)NCc1cccc(Cl)c1F)C1CC1. The molecule has 0 saturated heterocycles. The highest BCUT2D eigenvalue weighted by atomic mass is 35.5. The van der Waals surface area contributed by atoms with Crippen molar-refractivity contribution in [2.75, 3.05) is 6.54 Å². The highest BCUT2D eigenvalue weighted by molar-refractivity contribution is 6.30. The van der Waals surface area contributed by atoms with E-state index < -0.39 is 35.0 Å². The number of halogens is 2. The number of primary amides is 2. The van der Waals surface area contributed by atoms with Crippen molar-refractivity contribution in [2.45, 2.75) is 58.2 Å². The minimum absolute atomic E-state index is 0.0439. The zero-order valence-electron chi connectivity index (χ0n) is 22.3. The number of hydrogen-bond acceptors (Lipinski definition) is 6. The van der Waals surface area contributed by atoms with Gasteiger partial charge in [-0.15, -0.1) is 0 Å². The maximum atomic E-state index is 14.2. The summed E-state index contributed by atoms with van der Waals surface area (Å²) in [6, 6.07) is 7.38. The van der Waals surface area contributed by atoms with E-state index in [2.05, 4.69) is 10.4 Å². The Balaban J connectivity index is 1.61. The van der Waals surface area contributed by atoms with Gasteiger partial charge in [0.25, 0.3) is 5.91 Å². The molecule has 1 saturated carbocycles. The fourth-order valence-corrected chi connectivity index (χ4v) is 4.65. The largest absolute Gasteiger partial charge is 0.410 e. The summed E-state index contributed by atoms with van der Waals surface area (Å²) in [5.74, 6) is -2.21. The molecule has 11 nitrogen and oxygen atoms in total. The van der Waals surface area contributed by atoms with Crippen LogP contribution in [0.3, 0.4) is 0 Å². The van der Waals surface area contributed by atoms with Gasteiger partial charge in [0.1, 0.15) is 18.1 Å². The average molecular weight is 573 g/mol. The molecule has 0 atom stereocenters. The number of rotatable bonds is 9. The number of benzene rings is 2. The van der Waals surface area contributed by atoms with Crippen LogP contribution in [0.4, 0.5) is 9.18 Å². The van der Waals surface area contributed by atoms with Crippen LogP contribution in [-0.4, -0.2) is 51.1 Å². The molecule has 212 valence electrons. The summed E-state index contributed by atoms with van der Waals surface area (Å²) < 4.78 is 20.6. The molecule has 1 aliphatic rings. The molecule has 1 fully saturated rings. The van der Waals surface area contributed by atoms with Crippen molar-refractivity contribution in [1.82, 2.24) is 20.0 Å². The molecule has 5 N–H and O–H groups in total. The maximum absolute atomic E-state index is 14.2. The van der Waals surface area contributed by atoms with E-state index >= 15 is 0 Å². The molecule has 13 heteroatoms. The van der Waals surface area contributed by atoms with Crippen LogP contribution in [-0.2, 0) is 28.1 Å². The topological polar surface area (TPSA) is 163 Å². The second-order valence-corrected chi connectivity index (χ2v) is 11.1. The third-order valence-electron chi connectivity index (χ3n) is 6.50. The Morgan fingerprint density at radius 2 is 1.90 bits per heavy atom. The van der Waals surface area contributed by atoms with Gasteiger partial charge >= 0.3 is 6.09 Å². The second-order valence-electron chi connectivity index (χ2n) is 10.6. The minimum Gasteiger partial charge on any atom is -0.410 e. The van der Waals surface area contributed by atoms with Gasteiger partial charge in [0, 0.05) is 29.6 Å². The molecule has 1 aromatic heterocycles. The number of nitrogens with zero attached hydrogens (tertiary/aromatic N) is 3. The summed E-state index contributed by atoms with van der Waals surface area (Å²) in [5.41, 5.74) is 11.4. The third kappa shape index (κ3) is 6.33. The third-order valence-corrected chi connectivity index (χ3v) is 6.79. The molecule has 2 aromatic carbocycles. The van der Waals surface area contributed by atoms with E-state index in [4.69, 9.17) is 27.8 Å². The van der Waals surface area contributed by atoms with Gasteiger partial charge in [-0.25, -0.2) is 9.18 Å². The predicted molar refractivity (Wildman–Crippen MR) is 145 cm³/mol. The maximum Gasteiger partial charge on any atom is 0.409 e. The minimum atomic E-state index is -1.03. The molecule has 1 aliphatic carbocycles. The van der Waals surface area contributed by atoms with E-state index in [1.165, 1.54) is 27.8 Å². The lowest BCUT2D eigenvalue weighted by molar-refractivity contribution is -0.137. The van der Waals surface area contributed by atoms with Crippen LogP contribution in [0, 0.1) is 5.82 Å². The number of aromatic nitrogens is 2. The molecule has 4 rings (SSSR count). The van der Waals surface area contributed by atoms with Gasteiger partial charge in [-0.05, 0) is 36.0 Å². The Labute approximate surface area is 234 Å². The number of ether oxygens (including phenoxy) is 1. The summed E-state index contributed by atoms with van der Waals surface area (Å²) >= 11 is 5.81. The van der Waals surface area contributed by atoms with Gasteiger partial charge in [-0.1, -0.05) is 44.5 Å². The first-order valence-electron chi connectivity index (χ1n) is 12.6. The smallest absolute Gasteiger partial charge is 0.409 e. The number of carbonyl (C=O) groups is 4. The van der Waals surface area contributed by atoms with E-state index in [1.54, 1.807) is 12.1 Å². The highest BCUT2D eigenvalue weighted by Crippen LogP contribution is 2.36. The Morgan fingerprint density at radius 1 is 1.20 bits per heavy atom. The number of nitrogens with one attached hydrogen (secondary N) is 1. The first-order chi connectivity index (χ1) is 18.8. The van der Waals surface area contributed by atoms with Crippen LogP contribution in [0.15, 0.2) is 30.3 Å². The van der Waals surface area contributed by atoms with Gasteiger partial charge in [-0.2, -0.15) is 5.10 Å². The first kappa shape index (κ1) is 28.8. The Bertz CT molecular complexity index is 1510. The van der Waals surface area contributed by atoms with Crippen molar-refractivity contribution < 1.29 is 28.3 Å². The van der Waals surface area contributed by atoms with Crippen LogP contribution in [0.2, 0.25) is 5.02 Å². The molecule has 1 heterocycles. The summed E-state index contributed by atoms with van der Waals surface area (Å²) in [7, 11) is 0. The molecule has 3 aromatic rings. The van der Waals surface area contributed by atoms with E-state index in [-0.39, 0.29) is 47.7 Å². The van der Waals surface area contributed by atoms with E-state index in [0.717, 1.165) is 12.8 Å². The number of nitrogens with two attached hydrogens (primary N) is 2. The lowest BCUT2D eigenvalue weighted by Gasteiger charge is -2.23. The van der Waals surface area contributed by atoms with Crippen LogP contribution in [0.25, 0.3) is 10.9 Å². The zero-order valence-corrected chi connectivity index (χ0v) is 23.0. The molecular formula is C27H30ClFN6O5. The Hall–Kier alpha value is -4.19. The van der Waals surface area contributed by atoms with E-state index in [9.17, 15) is 23.6 Å². The van der Waals surface area contributed by atoms with Crippen LogP contribution in [0.1, 0.15) is 55.2 Å². The van der Waals surface area contributed by atoms with Crippen molar-refractivity contribution in [3.8, 4) is 5.75 Å². The summed E-state index contributed by atoms with van der Waals surface area (Å²) in [5, 5.41) is 7.32. The summed E-state index contributed by atoms with van der Waals surface area (Å²) in [6.45, 7) is 5.02. The molecule has 40 heavy (non-hydrogen) atoms. The Kier molecular flexibility index (Phi) is 8.01. The number of hydrogen-bond donors (Lipinski definition) is 3. The average Bonchev–Trinajstić information content (AvgIpc) is 3.64. The summed E-state index contributed by atoms with van der Waals surface area (Å²) in [4.78, 5) is 51.4. The fraction of sp³-hybridized carbons (Fsp3) is 0.370. The Morgan fingerprint density at radius 3 is 2.50 bits per heavy atom. The van der Waals surface area contributed by atoms with Gasteiger partial charge in [0.05, 0.1) is 17.1 Å². The first-order valence-corrected chi connectivity index (χ1v) is 12.9. The standard InChI is InChI=1S/C27H30ClFN6O5/c1-27(2,3)17-9-16(40-26(31)39)10-19-22(17)24(25(30)38)33-35(19)13-21(37)34(15-7-8-15)12-20(36)32-11-14-5-4-6-18(28)23(14)29/h4-6,9-10,15H,7-8,11-13H2,1-3H3,(H2,30,38)(H2,31,39)(H,32,36). The van der Waals surface area contributed by atoms with Crippen molar-refractivity contribution in [3.05, 3.63) is 58.0 Å². The van der Waals surface area contributed by atoms with E-state index in [0.29, 0.717) is 16.5 Å². The van der Waals surface area contributed by atoms with Crippen molar-refractivity contribution in [3.63, 3.8) is 0 Å². The molecule has 0 unspecified atom stereocenters. The van der Waals surface area contributed by atoms with Crippen molar-refractivity contribution in [2.24, 2.45) is 11.5 Å². The number of amides is 4. The van der Waals surface area contributed by atoms with Crippen LogP contribution < -0.4 is 21.5 Å². The fourth-order valence-electron chi connectivity index (χ4n) is 4.45. The highest BCUT2D eigenvalue weighted by Gasteiger charge is 2.35. The van der Waals surface area contributed by atoms with E-state index in [1.807, 2.05) is 20.8 Å².